The molecule has 1 heterocycles. The number of rotatable bonds is 2. The molecule has 6 nitrogen and oxygen atoms in total. The lowest BCUT2D eigenvalue weighted by Crippen LogP contribution is -2.40. The van der Waals surface area contributed by atoms with Crippen LogP contribution in [-0.4, -0.2) is 43.5 Å². The van der Waals surface area contributed by atoms with Crippen LogP contribution in [0.5, 0.6) is 0 Å². The van der Waals surface area contributed by atoms with Gasteiger partial charge in [-0.15, -0.1) is 0 Å². The highest BCUT2D eigenvalue weighted by molar-refractivity contribution is 5.97. The number of hydrogen-bond acceptors (Lipinski definition) is 5. The van der Waals surface area contributed by atoms with Gasteiger partial charge in [-0.05, 0) is 36.6 Å². The van der Waals surface area contributed by atoms with E-state index in [2.05, 4.69) is 21.9 Å². The van der Waals surface area contributed by atoms with E-state index in [1.807, 2.05) is 0 Å². The highest BCUT2D eigenvalue weighted by Gasteiger charge is 2.33. The minimum Gasteiger partial charge on any atom is -0.462 e. The first-order valence-electron chi connectivity index (χ1n) is 10.2. The second-order valence-corrected chi connectivity index (χ2v) is 8.38. The number of cyclic esters (lactones) is 1. The Bertz CT molecular complexity index is 967. The van der Waals surface area contributed by atoms with Gasteiger partial charge in [0.25, 0.3) is 5.91 Å². The summed E-state index contributed by atoms with van der Waals surface area (Å²) in [5.74, 6) is -1.60. The van der Waals surface area contributed by atoms with Crippen molar-refractivity contribution in [3.05, 3.63) is 47.0 Å². The van der Waals surface area contributed by atoms with Gasteiger partial charge in [0.05, 0.1) is 17.9 Å². The van der Waals surface area contributed by atoms with Crippen LogP contribution in [0.15, 0.2) is 35.5 Å². The van der Waals surface area contributed by atoms with Gasteiger partial charge >= 0.3 is 18.3 Å². The molecule has 0 aromatic heterocycles. The van der Waals surface area contributed by atoms with Crippen molar-refractivity contribution in [2.24, 2.45) is 10.6 Å². The molecule has 0 saturated carbocycles. The van der Waals surface area contributed by atoms with Crippen LogP contribution in [0.25, 0.3) is 0 Å². The van der Waals surface area contributed by atoms with Crippen LogP contribution in [0.1, 0.15) is 48.2 Å². The Kier molecular flexibility index (Phi) is 8.38. The number of nitrogens with zero attached hydrogens (tertiary/aromatic N) is 1. The molecule has 0 radical (unpaired) electrons. The quantitative estimate of drug-likeness (QED) is 0.277. The number of amides is 1. The third kappa shape index (κ3) is 7.77. The molecule has 188 valence electrons. The molecule has 1 aliphatic rings. The van der Waals surface area contributed by atoms with Crippen molar-refractivity contribution in [1.82, 2.24) is 5.32 Å². The molecule has 0 atom stereocenters. The molecular weight excluding hydrogens is 470 g/mol. The van der Waals surface area contributed by atoms with Crippen molar-refractivity contribution in [3.8, 4) is 0 Å². The van der Waals surface area contributed by atoms with Gasteiger partial charge < -0.3 is 14.9 Å². The van der Waals surface area contributed by atoms with E-state index in [4.69, 9.17) is 4.74 Å². The van der Waals surface area contributed by atoms with Crippen molar-refractivity contribution in [2.45, 2.75) is 45.5 Å². The summed E-state index contributed by atoms with van der Waals surface area (Å²) in [5, 5.41) is 6.17. The molecule has 0 unspecified atom stereocenters. The Morgan fingerprint density at radius 3 is 2.47 bits per heavy atom. The van der Waals surface area contributed by atoms with E-state index in [9.17, 15) is 35.9 Å². The smallest absolute Gasteiger partial charge is 0.425 e. The zero-order chi connectivity index (χ0) is 25.7. The van der Waals surface area contributed by atoms with Crippen molar-refractivity contribution < 1.29 is 45.5 Å². The number of esters is 1. The molecule has 0 fully saturated rings. The number of alkyl halides is 6. The number of benzene rings is 1. The minimum absolute atomic E-state index is 0.0773. The Balaban J connectivity index is 2.39. The highest BCUT2D eigenvalue weighted by Crippen LogP contribution is 2.31. The summed E-state index contributed by atoms with van der Waals surface area (Å²) < 4.78 is 81.9. The third-order valence-electron chi connectivity index (χ3n) is 5.04. The van der Waals surface area contributed by atoms with Crippen LogP contribution in [0.2, 0.25) is 0 Å². The molecule has 34 heavy (non-hydrogen) atoms. The minimum atomic E-state index is -4.67. The van der Waals surface area contributed by atoms with Gasteiger partial charge in [0, 0.05) is 29.5 Å². The summed E-state index contributed by atoms with van der Waals surface area (Å²) in [6.07, 6.45) is -9.33. The lowest BCUT2D eigenvalue weighted by Gasteiger charge is -2.27. The maximum atomic E-state index is 13.2. The first kappa shape index (κ1) is 27.2. The molecule has 1 aliphatic heterocycles. The summed E-state index contributed by atoms with van der Waals surface area (Å²) >= 11 is 0. The zero-order valence-electron chi connectivity index (χ0n) is 18.5. The summed E-state index contributed by atoms with van der Waals surface area (Å²) in [6, 6.07) is 2.50. The van der Waals surface area contributed by atoms with Gasteiger partial charge in [-0.25, -0.2) is 4.79 Å². The monoisotopic (exact) mass is 494 g/mol. The highest BCUT2D eigenvalue weighted by atomic mass is 19.4. The molecule has 1 aromatic carbocycles. The fraction of sp³-hybridized carbons (Fsp3) is 0.500. The topological polar surface area (TPSA) is 77.0 Å². The molecule has 12 heteroatoms. The molecule has 0 saturated heterocycles. The number of carbonyl (C=O) groups excluding carboxylic acids is 2. The van der Waals surface area contributed by atoms with E-state index in [0.717, 1.165) is 18.2 Å². The first-order chi connectivity index (χ1) is 15.6. The normalized spacial score (nSPS) is 19.6. The molecular formula is C22H24F6N2O4. The molecule has 2 rings (SSSR count). The lowest BCUT2D eigenvalue weighted by atomic mass is 9.84. The van der Waals surface area contributed by atoms with E-state index in [1.165, 1.54) is 0 Å². The third-order valence-corrected chi connectivity index (χ3v) is 5.04. The second kappa shape index (κ2) is 10.5. The van der Waals surface area contributed by atoms with E-state index >= 15 is 0 Å². The van der Waals surface area contributed by atoms with Gasteiger partial charge in [0.2, 0.25) is 6.61 Å². The Morgan fingerprint density at radius 1 is 1.18 bits per heavy atom. The average molecular weight is 494 g/mol. The predicted octanol–water partition coefficient (Wildman–Crippen LogP) is 4.83. The molecule has 0 aliphatic carbocycles. The number of oxime groups is 1. The van der Waals surface area contributed by atoms with Gasteiger partial charge in [0.1, 0.15) is 0 Å². The largest absolute Gasteiger partial charge is 0.462 e. The lowest BCUT2D eigenvalue weighted by molar-refractivity contribution is -0.174. The number of fused-ring (bicyclic) bond motifs is 1. The first-order valence-corrected chi connectivity index (χ1v) is 10.2. The fourth-order valence-corrected chi connectivity index (χ4v) is 3.14. The van der Waals surface area contributed by atoms with E-state index in [1.54, 1.807) is 13.8 Å². The SMILES string of the molecule is C=C1Cc2cc(C(F)(F)F)ccc2C(=O)NCC(C)(C)/C(=N/OCC(F)(F)F)CCCOC1=O. The van der Waals surface area contributed by atoms with Crippen molar-refractivity contribution in [3.63, 3.8) is 0 Å². The predicted molar refractivity (Wildman–Crippen MR) is 110 cm³/mol. The Morgan fingerprint density at radius 2 is 1.85 bits per heavy atom. The van der Waals surface area contributed by atoms with E-state index < -0.39 is 41.8 Å². The molecule has 1 N–H and O–H groups in total. The maximum Gasteiger partial charge on any atom is 0.425 e. The van der Waals surface area contributed by atoms with Gasteiger partial charge in [-0.2, -0.15) is 26.3 Å². The molecule has 0 bridgehead atoms. The molecule has 0 spiro atoms. The number of hydrogen-bond donors (Lipinski definition) is 1. The molecule has 1 amide bonds. The van der Waals surface area contributed by atoms with Crippen LogP contribution < -0.4 is 5.32 Å². The van der Waals surface area contributed by atoms with Crippen molar-refractivity contribution in [1.29, 1.82) is 0 Å². The van der Waals surface area contributed by atoms with Crippen LogP contribution in [-0.2, 0) is 27.0 Å². The van der Waals surface area contributed by atoms with Crippen LogP contribution in [0, 0.1) is 5.41 Å². The standard InChI is InChI=1S/C22H24F6N2O4/c1-13-9-14-10-15(22(26,27)28)6-7-16(14)18(31)29-11-20(2,3)17(5-4-8-33-19(13)32)30-34-12-21(23,24)25/h6-7,10H,1,4-5,8-9,11-12H2,2-3H3,(H,29,31)/b30-17+. The zero-order valence-corrected chi connectivity index (χ0v) is 18.5. The number of ether oxygens (including phenoxy) is 1. The number of halogens is 6. The van der Waals surface area contributed by atoms with Crippen LogP contribution in [0.4, 0.5) is 26.3 Å². The molecule has 1 aromatic rings. The summed E-state index contributed by atoms with van der Waals surface area (Å²) in [5.41, 5.74) is -2.15. The Labute approximate surface area is 192 Å². The maximum absolute atomic E-state index is 13.2. The summed E-state index contributed by atoms with van der Waals surface area (Å²) in [6.45, 7) is 4.92. The summed E-state index contributed by atoms with van der Waals surface area (Å²) in [4.78, 5) is 29.5. The number of carbonyl (C=O) groups is 2. The number of nitrogens with one attached hydrogen (secondary N) is 1. The van der Waals surface area contributed by atoms with E-state index in [-0.39, 0.29) is 54.8 Å². The van der Waals surface area contributed by atoms with Gasteiger partial charge in [0.15, 0.2) is 0 Å². The second-order valence-electron chi connectivity index (χ2n) is 8.38. The average Bonchev–Trinajstić information content (AvgIpc) is 2.71. The van der Waals surface area contributed by atoms with Crippen LogP contribution >= 0.6 is 0 Å². The van der Waals surface area contributed by atoms with Crippen molar-refractivity contribution >= 4 is 17.6 Å². The fourth-order valence-electron chi connectivity index (χ4n) is 3.14. The van der Waals surface area contributed by atoms with Crippen LogP contribution in [0.3, 0.4) is 0 Å². The van der Waals surface area contributed by atoms with Crippen molar-refractivity contribution in [2.75, 3.05) is 19.8 Å². The van der Waals surface area contributed by atoms with E-state index in [0.29, 0.717) is 0 Å². The van der Waals surface area contributed by atoms with Gasteiger partial charge in [-0.3, -0.25) is 4.79 Å². The summed E-state index contributed by atoms with van der Waals surface area (Å²) in [7, 11) is 0. The Hall–Kier alpha value is -3.05. The van der Waals surface area contributed by atoms with Gasteiger partial charge in [-0.1, -0.05) is 25.6 Å².